The molecule has 0 saturated carbocycles. The number of ether oxygens (including phenoxy) is 1. The lowest BCUT2D eigenvalue weighted by Gasteiger charge is -2.11. The molecule has 0 aromatic rings. The van der Waals surface area contributed by atoms with Gasteiger partial charge in [0.05, 0.1) is 12.7 Å². The van der Waals surface area contributed by atoms with Crippen LogP contribution in [0, 0.1) is 0 Å². The zero-order valence-corrected chi connectivity index (χ0v) is 7.58. The lowest BCUT2D eigenvalue weighted by Crippen LogP contribution is -2.05. The van der Waals surface area contributed by atoms with Gasteiger partial charge in [-0.25, -0.2) is 0 Å². The van der Waals surface area contributed by atoms with Gasteiger partial charge >= 0.3 is 0 Å². The van der Waals surface area contributed by atoms with Crippen LogP contribution in [0.1, 0.15) is 26.2 Å². The van der Waals surface area contributed by atoms with Crippen LogP contribution in [0.4, 0.5) is 0 Å². The molecule has 1 unspecified atom stereocenters. The van der Waals surface area contributed by atoms with Crippen LogP contribution < -0.4 is 0 Å². The molecule has 0 aliphatic carbocycles. The van der Waals surface area contributed by atoms with Gasteiger partial charge in [0.2, 0.25) is 0 Å². The predicted octanol–water partition coefficient (Wildman–Crippen LogP) is 2.75. The Morgan fingerprint density at radius 3 is 2.60 bits per heavy atom. The summed E-state index contributed by atoms with van der Waals surface area (Å²) in [5.74, 6) is 0. The minimum Gasteiger partial charge on any atom is -0.373 e. The number of epoxide rings is 1. The molecule has 1 nitrogen and oxygen atoms in total. The standard InChI is InChI=1S/C7H12Cl2O/c1-7(8,9)4-2-3-6-5-10-6/h6H,2-5H2,1H3. The molecule has 1 aliphatic rings. The zero-order chi connectivity index (χ0) is 7.61. The molecule has 60 valence electrons. The maximum Gasteiger partial charge on any atom is 0.115 e. The minimum atomic E-state index is -0.547. The van der Waals surface area contributed by atoms with E-state index in [1.807, 2.05) is 6.92 Å². The third-order valence-corrected chi connectivity index (χ3v) is 1.92. The molecule has 0 amide bonds. The van der Waals surface area contributed by atoms with Crippen molar-refractivity contribution in [2.24, 2.45) is 0 Å². The topological polar surface area (TPSA) is 12.5 Å². The third kappa shape index (κ3) is 4.37. The maximum absolute atomic E-state index is 5.76. The van der Waals surface area contributed by atoms with Gasteiger partial charge in [0.1, 0.15) is 4.33 Å². The fraction of sp³-hybridized carbons (Fsp3) is 1.00. The van der Waals surface area contributed by atoms with Gasteiger partial charge in [-0.15, -0.1) is 23.2 Å². The third-order valence-electron chi connectivity index (χ3n) is 1.54. The molecule has 0 aromatic carbocycles. The smallest absolute Gasteiger partial charge is 0.115 e. The summed E-state index contributed by atoms with van der Waals surface area (Å²) in [6.07, 6.45) is 3.54. The van der Waals surface area contributed by atoms with E-state index < -0.39 is 4.33 Å². The molecule has 0 aromatic heterocycles. The summed E-state index contributed by atoms with van der Waals surface area (Å²) in [6, 6.07) is 0. The second-order valence-corrected chi connectivity index (χ2v) is 4.78. The first-order chi connectivity index (χ1) is 4.58. The van der Waals surface area contributed by atoms with Gasteiger partial charge in [-0.05, 0) is 26.2 Å². The maximum atomic E-state index is 5.76. The number of alkyl halides is 2. The second kappa shape index (κ2) is 3.29. The van der Waals surface area contributed by atoms with Gasteiger partial charge in [-0.3, -0.25) is 0 Å². The van der Waals surface area contributed by atoms with E-state index in [0.717, 1.165) is 25.9 Å². The highest BCUT2D eigenvalue weighted by molar-refractivity contribution is 6.48. The largest absolute Gasteiger partial charge is 0.373 e. The summed E-state index contributed by atoms with van der Waals surface area (Å²) in [7, 11) is 0. The molecule has 10 heavy (non-hydrogen) atoms. The van der Waals surface area contributed by atoms with E-state index in [9.17, 15) is 0 Å². The van der Waals surface area contributed by atoms with Crippen molar-refractivity contribution in [2.45, 2.75) is 36.6 Å². The number of halogens is 2. The molecule has 0 radical (unpaired) electrons. The molecule has 1 heterocycles. The molecule has 1 saturated heterocycles. The van der Waals surface area contributed by atoms with Crippen LogP contribution in [-0.4, -0.2) is 17.0 Å². The van der Waals surface area contributed by atoms with Gasteiger partial charge in [0.15, 0.2) is 0 Å². The second-order valence-electron chi connectivity index (χ2n) is 2.92. The van der Waals surface area contributed by atoms with E-state index in [2.05, 4.69) is 0 Å². The highest BCUT2D eigenvalue weighted by Gasteiger charge is 2.23. The molecule has 1 fully saturated rings. The first-order valence-electron chi connectivity index (χ1n) is 3.57. The Hall–Kier alpha value is 0.540. The first kappa shape index (κ1) is 8.63. The van der Waals surface area contributed by atoms with Crippen LogP contribution in [-0.2, 0) is 4.74 Å². The van der Waals surface area contributed by atoms with E-state index in [-0.39, 0.29) is 0 Å². The molecular weight excluding hydrogens is 171 g/mol. The Kier molecular flexibility index (Phi) is 2.84. The minimum absolute atomic E-state index is 0.510. The molecule has 1 atom stereocenters. The van der Waals surface area contributed by atoms with Crippen molar-refractivity contribution < 1.29 is 4.74 Å². The highest BCUT2D eigenvalue weighted by atomic mass is 35.5. The van der Waals surface area contributed by atoms with Crippen molar-refractivity contribution in [1.82, 2.24) is 0 Å². The Bertz CT molecular complexity index is 105. The highest BCUT2D eigenvalue weighted by Crippen LogP contribution is 2.28. The van der Waals surface area contributed by atoms with Crippen molar-refractivity contribution in [3.63, 3.8) is 0 Å². The lowest BCUT2D eigenvalue weighted by atomic mass is 10.1. The van der Waals surface area contributed by atoms with E-state index in [4.69, 9.17) is 27.9 Å². The van der Waals surface area contributed by atoms with Crippen LogP contribution in [0.15, 0.2) is 0 Å². The van der Waals surface area contributed by atoms with Crippen LogP contribution in [0.2, 0.25) is 0 Å². The van der Waals surface area contributed by atoms with Crippen LogP contribution in [0.5, 0.6) is 0 Å². The summed E-state index contributed by atoms with van der Waals surface area (Å²) in [5.41, 5.74) is 0. The molecule has 3 heteroatoms. The lowest BCUT2D eigenvalue weighted by molar-refractivity contribution is 0.388. The number of hydrogen-bond donors (Lipinski definition) is 0. The zero-order valence-electron chi connectivity index (χ0n) is 6.07. The molecule has 0 N–H and O–H groups in total. The first-order valence-corrected chi connectivity index (χ1v) is 4.33. The fourth-order valence-corrected chi connectivity index (χ4v) is 1.14. The van der Waals surface area contributed by atoms with E-state index >= 15 is 0 Å². The average molecular weight is 183 g/mol. The summed E-state index contributed by atoms with van der Waals surface area (Å²) in [6.45, 7) is 2.76. The van der Waals surface area contributed by atoms with Crippen molar-refractivity contribution in [3.8, 4) is 0 Å². The SMILES string of the molecule is CC(Cl)(Cl)CCCC1CO1. The van der Waals surface area contributed by atoms with Crippen molar-refractivity contribution in [3.05, 3.63) is 0 Å². The normalized spacial score (nSPS) is 24.9. The van der Waals surface area contributed by atoms with Crippen LogP contribution in [0.3, 0.4) is 0 Å². The number of rotatable bonds is 4. The molecule has 0 spiro atoms. The van der Waals surface area contributed by atoms with E-state index in [1.165, 1.54) is 0 Å². The Labute approximate surface area is 71.6 Å². The van der Waals surface area contributed by atoms with Gasteiger partial charge in [-0.2, -0.15) is 0 Å². The molecule has 1 rings (SSSR count). The van der Waals surface area contributed by atoms with Gasteiger partial charge in [-0.1, -0.05) is 0 Å². The van der Waals surface area contributed by atoms with E-state index in [1.54, 1.807) is 0 Å². The Morgan fingerprint density at radius 2 is 2.20 bits per heavy atom. The Morgan fingerprint density at radius 1 is 1.60 bits per heavy atom. The molecular formula is C7H12Cl2O. The number of hydrogen-bond acceptors (Lipinski definition) is 1. The van der Waals surface area contributed by atoms with Crippen LogP contribution in [0.25, 0.3) is 0 Å². The quantitative estimate of drug-likeness (QED) is 0.482. The van der Waals surface area contributed by atoms with Crippen molar-refractivity contribution >= 4 is 23.2 Å². The summed E-state index contributed by atoms with van der Waals surface area (Å²) in [5, 5.41) is 0. The summed E-state index contributed by atoms with van der Waals surface area (Å²) < 4.78 is 4.49. The fourth-order valence-electron chi connectivity index (χ4n) is 0.875. The monoisotopic (exact) mass is 182 g/mol. The van der Waals surface area contributed by atoms with Gasteiger partial charge in [0, 0.05) is 0 Å². The van der Waals surface area contributed by atoms with Crippen molar-refractivity contribution in [2.75, 3.05) is 6.61 Å². The van der Waals surface area contributed by atoms with E-state index in [0.29, 0.717) is 6.10 Å². The van der Waals surface area contributed by atoms with Gasteiger partial charge < -0.3 is 4.74 Å². The van der Waals surface area contributed by atoms with Crippen molar-refractivity contribution in [1.29, 1.82) is 0 Å². The average Bonchev–Trinajstić information content (AvgIpc) is 2.45. The molecule has 0 bridgehead atoms. The Balaban J connectivity index is 1.93. The molecule has 1 aliphatic heterocycles. The summed E-state index contributed by atoms with van der Waals surface area (Å²) in [4.78, 5) is 0. The van der Waals surface area contributed by atoms with Crippen LogP contribution >= 0.6 is 23.2 Å². The summed E-state index contributed by atoms with van der Waals surface area (Å²) >= 11 is 11.5. The van der Waals surface area contributed by atoms with Gasteiger partial charge in [0.25, 0.3) is 0 Å². The predicted molar refractivity (Wildman–Crippen MR) is 43.7 cm³/mol.